The molecule has 59 valence electrons. The molecule has 10 heteroatoms. The molecule has 0 bridgehead atoms. The molecule has 0 saturated carbocycles. The molecule has 0 heterocycles. The van der Waals surface area contributed by atoms with Gasteiger partial charge in [0, 0.05) is 34.1 Å². The minimum absolute atomic E-state index is 0. The summed E-state index contributed by atoms with van der Waals surface area (Å²) in [6.07, 6.45) is 0. The first-order chi connectivity index (χ1) is 2.00. The van der Waals surface area contributed by atoms with Crippen molar-refractivity contribution in [3.63, 3.8) is 0 Å². The van der Waals surface area contributed by atoms with Crippen molar-refractivity contribution in [1.29, 1.82) is 0 Å². The van der Waals surface area contributed by atoms with E-state index in [2.05, 4.69) is 0 Å². The topological polar surface area (TPSA) is 80.9 Å². The van der Waals surface area contributed by atoms with Crippen molar-refractivity contribution in [3.05, 3.63) is 0 Å². The molecular formula is H10AlFeKMgMnO4Si. The van der Waals surface area contributed by atoms with Gasteiger partial charge in [-0.05, 0) is 0 Å². The average molecular weight is 303 g/mol. The Morgan fingerprint density at radius 2 is 0.900 bits per heavy atom. The predicted octanol–water partition coefficient (Wildman–Crippen LogP) is -5.36. The second-order valence-electron chi connectivity index (χ2n) is 0.600. The van der Waals surface area contributed by atoms with E-state index in [4.69, 9.17) is 19.2 Å². The number of hydrogen-bond acceptors (Lipinski definition) is 4. The first-order valence-electron chi connectivity index (χ1n) is 0.894. The zero-order chi connectivity index (χ0) is 4.50. The minimum atomic E-state index is -4.61. The van der Waals surface area contributed by atoms with Crippen LogP contribution in [0.25, 0.3) is 0 Å². The molecule has 0 aliphatic heterocycles. The molecule has 0 fully saturated rings. The molecule has 0 rings (SSSR count). The van der Waals surface area contributed by atoms with Gasteiger partial charge in [-0.3, -0.25) is 0 Å². The molecule has 0 spiro atoms. The van der Waals surface area contributed by atoms with E-state index in [1.54, 1.807) is 0 Å². The molecular weight excluding hydrogens is 293 g/mol. The van der Waals surface area contributed by atoms with Gasteiger partial charge in [-0.2, -0.15) is 0 Å². The van der Waals surface area contributed by atoms with E-state index in [1.165, 1.54) is 0 Å². The second-order valence-corrected chi connectivity index (χ2v) is 1.80. The van der Waals surface area contributed by atoms with Crippen LogP contribution in [0.1, 0.15) is 0 Å². The fourth-order valence-corrected chi connectivity index (χ4v) is 0. The van der Waals surface area contributed by atoms with Crippen LogP contribution in [0.2, 0.25) is 0 Å². The minimum Gasteiger partial charge on any atom is 0 e. The Morgan fingerprint density at radius 3 is 0.900 bits per heavy atom. The molecule has 0 atom stereocenters. The van der Waals surface area contributed by atoms with Gasteiger partial charge in [-0.15, -0.1) is 0 Å². The van der Waals surface area contributed by atoms with Crippen LogP contribution >= 0.6 is 0 Å². The van der Waals surface area contributed by atoms with Gasteiger partial charge in [0.15, 0.2) is 17.4 Å². The summed E-state index contributed by atoms with van der Waals surface area (Å²) in [5.74, 6) is 0. The number of hydrogen-bond donors (Lipinski definition) is 4. The molecule has 0 unspecified atom stereocenters. The summed E-state index contributed by atoms with van der Waals surface area (Å²) in [6.45, 7) is 0. The fourth-order valence-electron chi connectivity index (χ4n) is 0. The van der Waals surface area contributed by atoms with Crippen molar-refractivity contribution in [2.45, 2.75) is 0 Å². The first kappa shape index (κ1) is 36.9. The molecule has 4 N–H and O–H groups in total. The van der Waals surface area contributed by atoms with Gasteiger partial charge in [0.05, 0.1) is 0 Å². The van der Waals surface area contributed by atoms with E-state index in [0.717, 1.165) is 0 Å². The Kier molecular flexibility index (Phi) is 69.2. The summed E-state index contributed by atoms with van der Waals surface area (Å²) in [5.41, 5.74) is 0. The van der Waals surface area contributed by atoms with Crippen molar-refractivity contribution >= 4 is 101 Å². The maximum atomic E-state index is 7.33. The number of rotatable bonds is 0. The normalized spacial score (nSPS) is 6.00. The van der Waals surface area contributed by atoms with Gasteiger partial charge >= 0.3 is 83.5 Å². The van der Waals surface area contributed by atoms with Crippen molar-refractivity contribution in [1.82, 2.24) is 0 Å². The van der Waals surface area contributed by atoms with E-state index in [9.17, 15) is 0 Å². The maximum absolute atomic E-state index is 7.33. The van der Waals surface area contributed by atoms with E-state index < -0.39 is 9.05 Å². The van der Waals surface area contributed by atoms with Gasteiger partial charge in [0.25, 0.3) is 0 Å². The standard InChI is InChI=1S/Al.Fe.K.Mg.Mn.H4O4Si.6H/c;;;;;1-5(2,3)4;;;;;;/h;;;;;1-4H;;;;;;. The molecule has 0 aromatic carbocycles. The molecule has 0 aliphatic carbocycles. The predicted molar refractivity (Wildman–Crippen MR) is 40.3 cm³/mol. The largest absolute Gasteiger partial charge is 0.316 e. The Balaban J connectivity index is -0.00000000800. The van der Waals surface area contributed by atoms with Crippen molar-refractivity contribution in [2.75, 3.05) is 0 Å². The van der Waals surface area contributed by atoms with Crippen LogP contribution in [0.4, 0.5) is 0 Å². The van der Waals surface area contributed by atoms with E-state index >= 15 is 0 Å². The smallest absolute Gasteiger partial charge is 0 e. The van der Waals surface area contributed by atoms with Crippen molar-refractivity contribution < 1.29 is 53.3 Å². The third kappa shape index (κ3) is 90.1. The molecule has 1 radical (unpaired) electrons. The fraction of sp³-hybridized carbons (Fsp3) is 0. The molecule has 0 amide bonds. The molecule has 0 aromatic rings. The van der Waals surface area contributed by atoms with Crippen molar-refractivity contribution in [2.24, 2.45) is 0 Å². The Morgan fingerprint density at radius 1 is 0.900 bits per heavy atom. The third-order valence-corrected chi connectivity index (χ3v) is 0. The molecule has 4 nitrogen and oxygen atoms in total. The van der Waals surface area contributed by atoms with E-state index in [1.807, 2.05) is 0 Å². The van der Waals surface area contributed by atoms with Gasteiger partial charge in [-0.25, -0.2) is 0 Å². The van der Waals surface area contributed by atoms with Gasteiger partial charge in [0.2, 0.25) is 0 Å². The van der Waals surface area contributed by atoms with Gasteiger partial charge in [-0.1, -0.05) is 0 Å². The summed E-state index contributed by atoms with van der Waals surface area (Å²) in [7, 11) is -4.61. The maximum Gasteiger partial charge on any atom is 0.316 e. The SMILES string of the molecule is O[Si](O)(O)O.[AlH3].[Fe].[KH].[MgH2].[Mn]. The molecule has 10 heavy (non-hydrogen) atoms. The summed E-state index contributed by atoms with van der Waals surface area (Å²) in [4.78, 5) is 29.3. The zero-order valence-corrected chi connectivity index (χ0v) is 6.30. The summed E-state index contributed by atoms with van der Waals surface area (Å²) >= 11 is 0. The average Bonchev–Trinajstić information content (AvgIpc) is 0.722. The monoisotopic (exact) mass is 303 g/mol. The Bertz CT molecular complexity index is 40.7. The summed E-state index contributed by atoms with van der Waals surface area (Å²) in [6, 6.07) is 0. The van der Waals surface area contributed by atoms with E-state index in [-0.39, 0.29) is 126 Å². The van der Waals surface area contributed by atoms with Crippen molar-refractivity contribution in [3.8, 4) is 0 Å². The van der Waals surface area contributed by atoms with Crippen LogP contribution < -0.4 is 0 Å². The van der Waals surface area contributed by atoms with Crippen LogP contribution in [0.5, 0.6) is 0 Å². The quantitative estimate of drug-likeness (QED) is 0.337. The first-order valence-corrected chi connectivity index (χ1v) is 2.68. The summed E-state index contributed by atoms with van der Waals surface area (Å²) < 4.78 is 0. The molecule has 0 aromatic heterocycles. The molecule has 0 saturated heterocycles. The van der Waals surface area contributed by atoms with Crippen LogP contribution in [0.15, 0.2) is 0 Å². The van der Waals surface area contributed by atoms with Gasteiger partial charge in [0.1, 0.15) is 0 Å². The second kappa shape index (κ2) is 18.7. The Labute approximate surface area is 151 Å². The third-order valence-electron chi connectivity index (χ3n) is 0. The van der Waals surface area contributed by atoms with Crippen LogP contribution in [-0.4, -0.2) is 120 Å². The van der Waals surface area contributed by atoms with Crippen LogP contribution in [0.3, 0.4) is 0 Å². The molecule has 0 aliphatic rings. The zero-order valence-electron chi connectivity index (χ0n) is 3.02. The van der Waals surface area contributed by atoms with Gasteiger partial charge < -0.3 is 19.2 Å². The van der Waals surface area contributed by atoms with E-state index in [0.29, 0.717) is 0 Å². The Hall–Kier alpha value is 4.03. The summed E-state index contributed by atoms with van der Waals surface area (Å²) in [5, 5.41) is 0. The van der Waals surface area contributed by atoms with Crippen LogP contribution in [0, 0.1) is 0 Å². The van der Waals surface area contributed by atoms with Crippen LogP contribution in [-0.2, 0) is 34.1 Å².